The molecular formula is C16H21N5O2. The molecule has 0 bridgehead atoms. The fraction of sp³-hybridized carbons (Fsp3) is 0.438. The van der Waals surface area contributed by atoms with Crippen LogP contribution in [0.15, 0.2) is 29.3 Å². The fourth-order valence-electron chi connectivity index (χ4n) is 2.70. The summed E-state index contributed by atoms with van der Waals surface area (Å²) in [6.45, 7) is 7.12. The zero-order valence-corrected chi connectivity index (χ0v) is 13.2. The monoisotopic (exact) mass is 315 g/mol. The predicted molar refractivity (Wildman–Crippen MR) is 87.8 cm³/mol. The number of fused-ring (bicyclic) bond motifs is 1. The van der Waals surface area contributed by atoms with E-state index in [1.54, 1.807) is 12.3 Å². The van der Waals surface area contributed by atoms with Crippen LogP contribution in [0.25, 0.3) is 5.65 Å². The molecule has 0 radical (unpaired) electrons. The number of hydrogen-bond acceptors (Lipinski definition) is 5. The summed E-state index contributed by atoms with van der Waals surface area (Å²) in [7, 11) is 0. The Morgan fingerprint density at radius 2 is 2.13 bits per heavy atom. The fourth-order valence-corrected chi connectivity index (χ4v) is 2.70. The molecule has 1 amide bonds. The summed E-state index contributed by atoms with van der Waals surface area (Å²) in [6.07, 6.45) is 3.05. The summed E-state index contributed by atoms with van der Waals surface area (Å²) >= 11 is 0. The molecule has 0 unspecified atom stereocenters. The minimum atomic E-state index is -0.367. The molecule has 1 fully saturated rings. The molecule has 3 rings (SSSR count). The Morgan fingerprint density at radius 1 is 1.35 bits per heavy atom. The van der Waals surface area contributed by atoms with Crippen molar-refractivity contribution in [2.45, 2.75) is 6.92 Å². The maximum absolute atomic E-state index is 12.4. The quantitative estimate of drug-likeness (QED) is 0.805. The highest BCUT2D eigenvalue weighted by Crippen LogP contribution is 2.01. The zero-order chi connectivity index (χ0) is 16.2. The van der Waals surface area contributed by atoms with Gasteiger partial charge in [-0.05, 0) is 18.6 Å². The van der Waals surface area contributed by atoms with Crippen molar-refractivity contribution in [3.05, 3.63) is 46.0 Å². The van der Waals surface area contributed by atoms with Gasteiger partial charge in [0.15, 0.2) is 0 Å². The number of amides is 1. The SMILES string of the molecule is Cc1ccc2ncc(C(=O)NCCN3CCNCC3)c(=O)n2c1. The van der Waals surface area contributed by atoms with Gasteiger partial charge in [0.25, 0.3) is 11.5 Å². The van der Waals surface area contributed by atoms with Gasteiger partial charge in [-0.15, -0.1) is 0 Å². The molecule has 1 aliphatic rings. The van der Waals surface area contributed by atoms with Crippen molar-refractivity contribution < 1.29 is 4.79 Å². The van der Waals surface area contributed by atoms with Gasteiger partial charge in [-0.25, -0.2) is 4.98 Å². The van der Waals surface area contributed by atoms with E-state index in [2.05, 4.69) is 20.5 Å². The van der Waals surface area contributed by atoms with Crippen LogP contribution in [0, 0.1) is 6.92 Å². The van der Waals surface area contributed by atoms with Crippen molar-refractivity contribution in [3.63, 3.8) is 0 Å². The first-order valence-corrected chi connectivity index (χ1v) is 7.84. The second-order valence-corrected chi connectivity index (χ2v) is 5.76. The smallest absolute Gasteiger partial charge is 0.270 e. The molecule has 1 aliphatic heterocycles. The summed E-state index contributed by atoms with van der Waals surface area (Å²) in [5.74, 6) is -0.367. The second-order valence-electron chi connectivity index (χ2n) is 5.76. The molecule has 0 aliphatic carbocycles. The molecule has 23 heavy (non-hydrogen) atoms. The van der Waals surface area contributed by atoms with E-state index in [0.717, 1.165) is 38.3 Å². The number of hydrogen-bond donors (Lipinski definition) is 2. The number of nitrogens with zero attached hydrogens (tertiary/aromatic N) is 3. The highest BCUT2D eigenvalue weighted by atomic mass is 16.2. The molecule has 0 atom stereocenters. The van der Waals surface area contributed by atoms with Crippen LogP contribution in [0.3, 0.4) is 0 Å². The Bertz CT molecular complexity index is 765. The normalized spacial score (nSPS) is 15.7. The third kappa shape index (κ3) is 3.57. The Morgan fingerprint density at radius 3 is 2.91 bits per heavy atom. The van der Waals surface area contributed by atoms with Gasteiger partial charge in [0.2, 0.25) is 0 Å². The molecule has 1 saturated heterocycles. The maximum atomic E-state index is 12.4. The number of aryl methyl sites for hydroxylation is 1. The Kier molecular flexibility index (Phi) is 4.68. The molecule has 2 aromatic heterocycles. The number of carbonyl (C=O) groups is 1. The highest BCUT2D eigenvalue weighted by molar-refractivity contribution is 5.93. The standard InChI is InChI=1S/C16H21N5O2/c1-12-2-3-14-19-10-13(16(23)21(14)11-12)15(22)18-6-9-20-7-4-17-5-8-20/h2-3,10-11,17H,4-9H2,1H3,(H,18,22). The molecule has 7 nitrogen and oxygen atoms in total. The van der Waals surface area contributed by atoms with Gasteiger partial charge in [-0.1, -0.05) is 6.07 Å². The lowest BCUT2D eigenvalue weighted by atomic mass is 10.2. The number of piperazine rings is 1. The lowest BCUT2D eigenvalue weighted by molar-refractivity contribution is 0.0945. The summed E-state index contributed by atoms with van der Waals surface area (Å²) in [4.78, 5) is 31.1. The number of nitrogens with one attached hydrogen (secondary N) is 2. The van der Waals surface area contributed by atoms with E-state index >= 15 is 0 Å². The first kappa shape index (κ1) is 15.6. The largest absolute Gasteiger partial charge is 0.351 e. The van der Waals surface area contributed by atoms with Crippen molar-refractivity contribution in [3.8, 4) is 0 Å². The molecule has 3 heterocycles. The third-order valence-corrected chi connectivity index (χ3v) is 4.02. The minimum absolute atomic E-state index is 0.0772. The topological polar surface area (TPSA) is 78.7 Å². The van der Waals surface area contributed by atoms with Crippen LogP contribution < -0.4 is 16.2 Å². The molecule has 0 saturated carbocycles. The van der Waals surface area contributed by atoms with Crippen molar-refractivity contribution in [2.24, 2.45) is 0 Å². The lowest BCUT2D eigenvalue weighted by Crippen LogP contribution is -2.46. The third-order valence-electron chi connectivity index (χ3n) is 4.02. The summed E-state index contributed by atoms with van der Waals surface area (Å²) in [5, 5.41) is 6.10. The number of carbonyl (C=O) groups excluding carboxylic acids is 1. The average molecular weight is 315 g/mol. The molecule has 2 aromatic rings. The van der Waals surface area contributed by atoms with E-state index in [-0.39, 0.29) is 17.0 Å². The van der Waals surface area contributed by atoms with Gasteiger partial charge in [0.1, 0.15) is 11.2 Å². The molecule has 0 aromatic carbocycles. The second kappa shape index (κ2) is 6.89. The number of aromatic nitrogens is 2. The zero-order valence-electron chi connectivity index (χ0n) is 13.2. The summed E-state index contributed by atoms with van der Waals surface area (Å²) in [6, 6.07) is 3.65. The number of rotatable bonds is 4. The van der Waals surface area contributed by atoms with Crippen LogP contribution in [0.4, 0.5) is 0 Å². The lowest BCUT2D eigenvalue weighted by Gasteiger charge is -2.27. The van der Waals surface area contributed by atoms with E-state index in [4.69, 9.17) is 0 Å². The van der Waals surface area contributed by atoms with Gasteiger partial charge in [-0.2, -0.15) is 0 Å². The van der Waals surface area contributed by atoms with Crippen LogP contribution in [0.1, 0.15) is 15.9 Å². The Hall–Kier alpha value is -2.25. The maximum Gasteiger partial charge on any atom is 0.270 e. The van der Waals surface area contributed by atoms with Crippen molar-refractivity contribution in [1.29, 1.82) is 0 Å². The first-order valence-electron chi connectivity index (χ1n) is 7.84. The van der Waals surface area contributed by atoms with Gasteiger partial charge in [0, 0.05) is 51.7 Å². The van der Waals surface area contributed by atoms with Crippen LogP contribution in [0.2, 0.25) is 0 Å². The average Bonchev–Trinajstić information content (AvgIpc) is 2.56. The molecule has 122 valence electrons. The molecule has 0 spiro atoms. The minimum Gasteiger partial charge on any atom is -0.351 e. The van der Waals surface area contributed by atoms with E-state index in [1.165, 1.54) is 10.6 Å². The van der Waals surface area contributed by atoms with Crippen LogP contribution in [-0.2, 0) is 0 Å². The van der Waals surface area contributed by atoms with Crippen LogP contribution >= 0.6 is 0 Å². The Labute approximate surface area is 134 Å². The van der Waals surface area contributed by atoms with Crippen molar-refractivity contribution in [1.82, 2.24) is 24.9 Å². The van der Waals surface area contributed by atoms with E-state index < -0.39 is 0 Å². The highest BCUT2D eigenvalue weighted by Gasteiger charge is 2.14. The van der Waals surface area contributed by atoms with E-state index in [1.807, 2.05) is 13.0 Å². The van der Waals surface area contributed by atoms with Gasteiger partial charge >= 0.3 is 0 Å². The molecule has 7 heteroatoms. The van der Waals surface area contributed by atoms with Crippen LogP contribution in [-0.4, -0.2) is 59.5 Å². The Balaban J connectivity index is 1.68. The van der Waals surface area contributed by atoms with Gasteiger partial charge in [0.05, 0.1) is 0 Å². The van der Waals surface area contributed by atoms with E-state index in [0.29, 0.717) is 12.2 Å². The summed E-state index contributed by atoms with van der Waals surface area (Å²) < 4.78 is 1.42. The van der Waals surface area contributed by atoms with E-state index in [9.17, 15) is 9.59 Å². The molecular weight excluding hydrogens is 294 g/mol. The molecule has 2 N–H and O–H groups in total. The number of pyridine rings is 1. The predicted octanol–water partition coefficient (Wildman–Crippen LogP) is -0.362. The first-order chi connectivity index (χ1) is 11.1. The van der Waals surface area contributed by atoms with Gasteiger partial charge in [-0.3, -0.25) is 18.9 Å². The van der Waals surface area contributed by atoms with Crippen LogP contribution in [0.5, 0.6) is 0 Å². The van der Waals surface area contributed by atoms with Crippen molar-refractivity contribution >= 4 is 11.6 Å². The van der Waals surface area contributed by atoms with Gasteiger partial charge < -0.3 is 10.6 Å². The summed E-state index contributed by atoms with van der Waals surface area (Å²) in [5.41, 5.74) is 1.22. The van der Waals surface area contributed by atoms with Crippen molar-refractivity contribution in [2.75, 3.05) is 39.3 Å².